The van der Waals surface area contributed by atoms with Gasteiger partial charge in [0.2, 0.25) is 0 Å². The monoisotopic (exact) mass is 247 g/mol. The summed E-state index contributed by atoms with van der Waals surface area (Å²) in [7, 11) is -0.518. The van der Waals surface area contributed by atoms with Gasteiger partial charge in [-0.3, -0.25) is 0 Å². The first-order valence-electron chi connectivity index (χ1n) is 4.79. The fourth-order valence-electron chi connectivity index (χ4n) is 1.09. The molecule has 7 heteroatoms. The van der Waals surface area contributed by atoms with Crippen LogP contribution in [-0.4, -0.2) is 46.6 Å². The average Bonchev–Trinajstić information content (AvgIpc) is 2.64. The molecule has 0 aliphatic carbocycles. The molecule has 6 nitrogen and oxygen atoms in total. The third kappa shape index (κ3) is 2.26. The van der Waals surface area contributed by atoms with Crippen molar-refractivity contribution in [2.75, 3.05) is 13.7 Å². The number of hydrogen-bond acceptors (Lipinski definition) is 4. The van der Waals surface area contributed by atoms with E-state index in [1.807, 2.05) is 0 Å². The van der Waals surface area contributed by atoms with Crippen molar-refractivity contribution in [3.63, 3.8) is 0 Å². The molecule has 0 aromatic carbocycles. The third-order valence-electron chi connectivity index (χ3n) is 2.55. The first-order valence-corrected chi connectivity index (χ1v) is 6.23. The second-order valence-corrected chi connectivity index (χ2v) is 6.24. The number of nitrogens with zero attached hydrogens (tertiary/aromatic N) is 3. The zero-order valence-electron chi connectivity index (χ0n) is 9.88. The lowest BCUT2D eigenvalue weighted by Gasteiger charge is -2.31. The molecule has 0 spiro atoms. The molecule has 1 N–H and O–H groups in total. The van der Waals surface area contributed by atoms with Crippen LogP contribution in [0.3, 0.4) is 0 Å². The van der Waals surface area contributed by atoms with E-state index >= 15 is 0 Å². The van der Waals surface area contributed by atoms with Gasteiger partial charge < -0.3 is 9.67 Å². The standard InChI is InChI=1S/C9H17N3O3S/c1-9(2,6-13)12(4)16(14,15)8-5-11(3)7-10-8/h5,7,13H,6H2,1-4H3. The van der Waals surface area contributed by atoms with Crippen LogP contribution in [0.15, 0.2) is 17.6 Å². The minimum Gasteiger partial charge on any atom is -0.394 e. The van der Waals surface area contributed by atoms with Gasteiger partial charge in [-0.05, 0) is 13.8 Å². The normalized spacial score (nSPS) is 13.4. The summed E-state index contributed by atoms with van der Waals surface area (Å²) in [6.45, 7) is 3.04. The molecule has 0 amide bonds. The van der Waals surface area contributed by atoms with E-state index < -0.39 is 15.6 Å². The lowest BCUT2D eigenvalue weighted by Crippen LogP contribution is -2.47. The molecule has 0 saturated carbocycles. The van der Waals surface area contributed by atoms with Crippen LogP contribution >= 0.6 is 0 Å². The Bertz CT molecular complexity index is 464. The van der Waals surface area contributed by atoms with E-state index in [0.29, 0.717) is 0 Å². The fourth-order valence-corrected chi connectivity index (χ4v) is 2.56. The zero-order chi connectivity index (χ0) is 12.6. The number of aliphatic hydroxyl groups excluding tert-OH is 1. The van der Waals surface area contributed by atoms with Gasteiger partial charge in [0.05, 0.1) is 18.5 Å². The van der Waals surface area contributed by atoms with Gasteiger partial charge in [0, 0.05) is 20.3 Å². The van der Waals surface area contributed by atoms with Crippen molar-refractivity contribution in [1.29, 1.82) is 0 Å². The molecule has 0 aliphatic rings. The zero-order valence-corrected chi connectivity index (χ0v) is 10.7. The second-order valence-electron chi connectivity index (χ2n) is 4.32. The summed E-state index contributed by atoms with van der Waals surface area (Å²) in [4.78, 5) is 3.81. The molecule has 0 unspecified atom stereocenters. The first-order chi connectivity index (χ1) is 7.21. The number of aromatic nitrogens is 2. The summed E-state index contributed by atoms with van der Waals surface area (Å²) < 4.78 is 26.9. The smallest absolute Gasteiger partial charge is 0.262 e. The van der Waals surface area contributed by atoms with E-state index in [1.165, 1.54) is 19.6 Å². The number of sulfonamides is 1. The molecule has 16 heavy (non-hydrogen) atoms. The lowest BCUT2D eigenvalue weighted by molar-refractivity contribution is 0.137. The molecule has 1 heterocycles. The molecule has 0 fully saturated rings. The first kappa shape index (κ1) is 13.1. The van der Waals surface area contributed by atoms with Crippen molar-refractivity contribution < 1.29 is 13.5 Å². The second kappa shape index (κ2) is 4.15. The van der Waals surface area contributed by atoms with Gasteiger partial charge in [0.25, 0.3) is 10.0 Å². The largest absolute Gasteiger partial charge is 0.394 e. The van der Waals surface area contributed by atoms with Crippen LogP contribution in [-0.2, 0) is 17.1 Å². The molecule has 0 aliphatic heterocycles. The van der Waals surface area contributed by atoms with Crippen LogP contribution in [0, 0.1) is 0 Å². The summed E-state index contributed by atoms with van der Waals surface area (Å²) in [5, 5.41) is 9.13. The van der Waals surface area contributed by atoms with Crippen molar-refractivity contribution in [3.05, 3.63) is 12.5 Å². The highest BCUT2D eigenvalue weighted by Gasteiger charge is 2.34. The number of imidazole rings is 1. The Morgan fingerprint density at radius 1 is 1.56 bits per heavy atom. The van der Waals surface area contributed by atoms with Crippen LogP contribution in [0.25, 0.3) is 0 Å². The molecular weight excluding hydrogens is 230 g/mol. The van der Waals surface area contributed by atoms with E-state index in [0.717, 1.165) is 4.31 Å². The molecular formula is C9H17N3O3S. The Labute approximate surface area is 95.6 Å². The summed E-state index contributed by atoms with van der Waals surface area (Å²) in [5.74, 6) is 0. The molecule has 1 aromatic heterocycles. The van der Waals surface area contributed by atoms with Crippen LogP contribution < -0.4 is 0 Å². The van der Waals surface area contributed by atoms with E-state index in [4.69, 9.17) is 5.11 Å². The van der Waals surface area contributed by atoms with Gasteiger partial charge in [-0.15, -0.1) is 0 Å². The average molecular weight is 247 g/mol. The quantitative estimate of drug-likeness (QED) is 0.800. The van der Waals surface area contributed by atoms with Gasteiger partial charge in [-0.25, -0.2) is 13.4 Å². The number of likely N-dealkylation sites (N-methyl/N-ethyl adjacent to an activating group) is 1. The van der Waals surface area contributed by atoms with E-state index in [9.17, 15) is 8.42 Å². The highest BCUT2D eigenvalue weighted by molar-refractivity contribution is 7.89. The Morgan fingerprint density at radius 2 is 2.12 bits per heavy atom. The minimum atomic E-state index is -3.65. The molecule has 0 atom stereocenters. The summed E-state index contributed by atoms with van der Waals surface area (Å²) >= 11 is 0. The van der Waals surface area contributed by atoms with Crippen molar-refractivity contribution >= 4 is 10.0 Å². The molecule has 0 radical (unpaired) electrons. The summed E-state index contributed by atoms with van der Waals surface area (Å²) in [6.07, 6.45) is 2.85. The maximum absolute atomic E-state index is 12.1. The highest BCUT2D eigenvalue weighted by Crippen LogP contribution is 2.20. The lowest BCUT2D eigenvalue weighted by atomic mass is 10.1. The predicted molar refractivity (Wildman–Crippen MR) is 59.3 cm³/mol. The summed E-state index contributed by atoms with van der Waals surface area (Å²) in [6, 6.07) is 0. The Kier molecular flexibility index (Phi) is 3.41. The molecule has 1 aromatic rings. The van der Waals surface area contributed by atoms with Crippen molar-refractivity contribution in [2.24, 2.45) is 7.05 Å². The molecule has 1 rings (SSSR count). The number of rotatable bonds is 4. The van der Waals surface area contributed by atoms with Crippen LogP contribution in [0.4, 0.5) is 0 Å². The molecule has 0 saturated heterocycles. The molecule has 92 valence electrons. The van der Waals surface area contributed by atoms with E-state index in [1.54, 1.807) is 25.5 Å². The Morgan fingerprint density at radius 3 is 2.50 bits per heavy atom. The van der Waals surface area contributed by atoms with Crippen molar-refractivity contribution in [3.8, 4) is 0 Å². The van der Waals surface area contributed by atoms with Gasteiger partial charge in [0.15, 0.2) is 5.03 Å². The SMILES string of the molecule is CN(C(C)(C)CO)S(=O)(=O)c1cn(C)cn1. The topological polar surface area (TPSA) is 75.4 Å². The highest BCUT2D eigenvalue weighted by atomic mass is 32.2. The van der Waals surface area contributed by atoms with E-state index in [-0.39, 0.29) is 11.6 Å². The van der Waals surface area contributed by atoms with Gasteiger partial charge in [0.1, 0.15) is 0 Å². The number of aryl methyl sites for hydroxylation is 1. The van der Waals surface area contributed by atoms with Crippen LogP contribution in [0.2, 0.25) is 0 Å². The Balaban J connectivity index is 3.13. The predicted octanol–water partition coefficient (Wildman–Crippen LogP) is -0.189. The van der Waals surface area contributed by atoms with E-state index in [2.05, 4.69) is 4.98 Å². The third-order valence-corrected chi connectivity index (χ3v) is 4.50. The maximum atomic E-state index is 12.1. The van der Waals surface area contributed by atoms with Crippen LogP contribution in [0.5, 0.6) is 0 Å². The van der Waals surface area contributed by atoms with Crippen molar-refractivity contribution in [1.82, 2.24) is 13.9 Å². The summed E-state index contributed by atoms with van der Waals surface area (Å²) in [5.41, 5.74) is -0.851. The minimum absolute atomic E-state index is 0.0148. The van der Waals surface area contributed by atoms with Crippen LogP contribution in [0.1, 0.15) is 13.8 Å². The van der Waals surface area contributed by atoms with Crippen molar-refractivity contribution in [2.45, 2.75) is 24.4 Å². The van der Waals surface area contributed by atoms with Gasteiger partial charge >= 0.3 is 0 Å². The number of aliphatic hydroxyl groups is 1. The molecule has 0 bridgehead atoms. The number of hydrogen-bond donors (Lipinski definition) is 1. The Hall–Kier alpha value is -0.920. The maximum Gasteiger partial charge on any atom is 0.262 e. The van der Waals surface area contributed by atoms with Gasteiger partial charge in [-0.2, -0.15) is 4.31 Å². The van der Waals surface area contributed by atoms with Gasteiger partial charge in [-0.1, -0.05) is 0 Å². The fraction of sp³-hybridized carbons (Fsp3) is 0.667.